The van der Waals surface area contributed by atoms with E-state index in [9.17, 15) is 82.4 Å². The standard InChI is InChI=1S/C96H141N19O23/c1-51(2)44-65-50-100-69(38-40-75(97)119)79(123)78(122)53(5)101-88(132)74(48-64-49-99-68-33-27-26-32-67(64)68)110-89(133)72(47-63-34-36-66(118)37-35-63)109-87(131)70(39-41-76(120)121)112-94(138)96(15,115-91(135)73(46-62-30-24-23-25-31-62)111-92(136)77(60(12)116)113-90(134)71(45-52(3)4)108-61(13)117)43-29-22-20-18-16-17-19-21-28-42-95(14,114-86(65)130)93(137)107-59(11)85(129)106-58(10)84(128)105-57(9)83(127)104-56(8)82(126)103-55(7)81(125)102-54(6)80(98)124/h17,19,23-27,30-37,49,51-60,65,69-74,77,99-100,116,118H,16,18,20-22,28-29,38-48,50H2,1-15H3,(H2,97,119)(H2,98,124)(H,101,132)(H,102,125)(H,103,126)(H,104,127)(H,105,128)(H,106,129)(H,107,137)(H,108,117)(H,109,131)(H,110,133)(H,111,136)(H,112,138)(H,113,134)(H,114,130)(H,115,135)(H,120,121)/b19-17+/t53-,54-,55?,56-,57?,58-,59?,60+,65+,69-,70-,71-,72?,73-,74-,77-,95-,96+/m0/s1. The number of H-pyrrole nitrogens is 1. The second kappa shape index (κ2) is 55.6. The van der Waals surface area contributed by atoms with Crippen LogP contribution in [0, 0.1) is 17.8 Å². The SMILES string of the molecule is CC(=O)N[C@@H](CC(C)C)C(=O)N[C@H](C(=O)N[C@@H](Cc1ccccc1)C(=O)N[C@]1(C)CCCCCC/C=C/CCC[C@@](C)(C(=O)NC(C)C(=O)N[C@@H](C)C(=O)NC(C)C(=O)N[C@@H](C)C(=O)NC(C)C(=O)N[C@@H](C)C(N)=O)NC(=O)[C@H](CC(C)C)CN[C@@H](CCC(N)=O)C(=O)C(=O)[C@H](C)NC(=O)[C@H](Cc2c[nH]c3ccccc23)NC(=O)C(Cc2ccc(O)cc2)NC(=O)[C@H](CCC(=O)O)NC1=O)[C@@H](C)O. The average molecular weight is 1930 g/mol. The molecular formula is C96H141N19O23. The van der Waals surface area contributed by atoms with Crippen LogP contribution in [0.2, 0.25) is 0 Å². The largest absolute Gasteiger partial charge is 0.508 e. The molecular weight excluding hydrogens is 1790 g/mol. The van der Waals surface area contributed by atoms with Crippen LogP contribution < -0.4 is 96.5 Å². The van der Waals surface area contributed by atoms with Gasteiger partial charge in [0.15, 0.2) is 0 Å². The Morgan fingerprint density at radius 2 is 1.01 bits per heavy atom. The first-order chi connectivity index (χ1) is 64.8. The number of aliphatic carboxylic acids is 1. The first-order valence-corrected chi connectivity index (χ1v) is 46.7. The van der Waals surface area contributed by atoms with Crippen molar-refractivity contribution in [2.24, 2.45) is 29.2 Å². The number of phenolic OH excluding ortho intramolecular Hbond substituents is 1. The van der Waals surface area contributed by atoms with Crippen LogP contribution >= 0.6 is 0 Å². The minimum absolute atomic E-state index is 0.0833. The van der Waals surface area contributed by atoms with Crippen molar-refractivity contribution in [3.05, 3.63) is 114 Å². The number of nitrogens with two attached hydrogens (primary N) is 2. The summed E-state index contributed by atoms with van der Waals surface area (Å²) in [6, 6.07) is 0.0791. The zero-order chi connectivity index (χ0) is 103. The molecule has 0 saturated carbocycles. The number of amides is 17. The van der Waals surface area contributed by atoms with Crippen LogP contribution in [0.25, 0.3) is 10.9 Å². The fourth-order valence-corrected chi connectivity index (χ4v) is 15.2. The number of hydrogen-bond donors (Lipinski definition) is 22. The van der Waals surface area contributed by atoms with Crippen molar-refractivity contribution in [2.75, 3.05) is 6.54 Å². The molecule has 0 radical (unpaired) electrons. The highest BCUT2D eigenvalue weighted by Gasteiger charge is 2.44. The van der Waals surface area contributed by atoms with Crippen molar-refractivity contribution in [1.82, 2.24) is 90.1 Å². The number of aliphatic hydroxyl groups excluding tert-OH is 1. The Morgan fingerprint density at radius 1 is 0.493 bits per heavy atom. The Kier molecular flexibility index (Phi) is 46.3. The lowest BCUT2D eigenvalue weighted by atomic mass is 9.89. The molecule has 17 amide bonds. The number of aromatic hydroxyl groups is 1. The van der Waals surface area contributed by atoms with Crippen LogP contribution in [0.1, 0.15) is 217 Å². The Morgan fingerprint density at radius 3 is 1.56 bits per heavy atom. The first kappa shape index (κ1) is 115. The van der Waals surface area contributed by atoms with Gasteiger partial charge in [0, 0.05) is 62.7 Å². The van der Waals surface area contributed by atoms with Gasteiger partial charge in [-0.3, -0.25) is 95.9 Å². The van der Waals surface area contributed by atoms with Crippen molar-refractivity contribution in [2.45, 2.75) is 321 Å². The molecule has 42 nitrogen and oxygen atoms in total. The Bertz CT molecular complexity index is 4970. The molecule has 0 saturated heterocycles. The third-order valence-corrected chi connectivity index (χ3v) is 23.5. The second-order valence-electron chi connectivity index (χ2n) is 36.8. The normalized spacial score (nSPS) is 22.0. The summed E-state index contributed by atoms with van der Waals surface area (Å²) in [4.78, 5) is 283. The van der Waals surface area contributed by atoms with E-state index in [1.54, 1.807) is 88.5 Å². The van der Waals surface area contributed by atoms with E-state index in [0.717, 1.165) is 0 Å². The third kappa shape index (κ3) is 38.2. The van der Waals surface area contributed by atoms with Crippen LogP contribution in [0.3, 0.4) is 0 Å². The highest BCUT2D eigenvalue weighted by atomic mass is 16.4. The van der Waals surface area contributed by atoms with Crippen molar-refractivity contribution >= 4 is 129 Å². The second-order valence-corrected chi connectivity index (χ2v) is 36.8. The number of para-hydroxylation sites is 1. The number of hydrogen-bond acceptors (Lipinski definition) is 23. The maximum absolute atomic E-state index is 15.6. The summed E-state index contributed by atoms with van der Waals surface area (Å²) >= 11 is 0. The van der Waals surface area contributed by atoms with E-state index in [4.69, 9.17) is 11.5 Å². The van der Waals surface area contributed by atoms with Gasteiger partial charge in [-0.2, -0.15) is 0 Å². The monoisotopic (exact) mass is 1930 g/mol. The summed E-state index contributed by atoms with van der Waals surface area (Å²) in [6.07, 6.45) is 2.87. The van der Waals surface area contributed by atoms with Crippen LogP contribution in [-0.4, -0.2) is 247 Å². The highest BCUT2D eigenvalue weighted by molar-refractivity contribution is 6.41. The highest BCUT2D eigenvalue weighted by Crippen LogP contribution is 2.25. The van der Waals surface area contributed by atoms with Gasteiger partial charge in [0.05, 0.1) is 24.1 Å². The minimum atomic E-state index is -2.08. The molecule has 3 aromatic carbocycles. The fraction of sp³-hybridized carbons (Fsp3) is 0.562. The smallest absolute Gasteiger partial charge is 0.303 e. The Hall–Kier alpha value is -13.5. The molecule has 0 bridgehead atoms. The van der Waals surface area contributed by atoms with Crippen LogP contribution in [-0.2, 0) is 115 Å². The predicted octanol–water partition coefficient (Wildman–Crippen LogP) is -0.00530. The zero-order valence-electron chi connectivity index (χ0n) is 81.2. The summed E-state index contributed by atoms with van der Waals surface area (Å²) in [6.45, 7) is 21.1. The minimum Gasteiger partial charge on any atom is -0.508 e. The summed E-state index contributed by atoms with van der Waals surface area (Å²) in [5, 5.41) is 73.9. The number of rotatable bonds is 37. The number of Topliss-reactive ketones (excluding diaryl/α,β-unsaturated/α-hetero) is 2. The van der Waals surface area contributed by atoms with Crippen molar-refractivity contribution in [3.8, 4) is 5.75 Å². The molecule has 138 heavy (non-hydrogen) atoms. The lowest BCUT2D eigenvalue weighted by Crippen LogP contribution is -2.65. The van der Waals surface area contributed by atoms with Gasteiger partial charge in [-0.25, -0.2) is 0 Å². The molecule has 18 atom stereocenters. The number of carbonyl (C=O) groups is 20. The summed E-state index contributed by atoms with van der Waals surface area (Å²) in [7, 11) is 0. The number of carboxylic acids is 1. The first-order valence-electron chi connectivity index (χ1n) is 46.7. The van der Waals surface area contributed by atoms with Gasteiger partial charge in [0.2, 0.25) is 112 Å². The lowest BCUT2D eigenvalue weighted by molar-refractivity contribution is -0.140. The topological polar surface area (TPSA) is 662 Å². The van der Waals surface area contributed by atoms with E-state index in [-0.39, 0.29) is 75.5 Å². The zero-order valence-corrected chi connectivity index (χ0v) is 81.2. The molecule has 24 N–H and O–H groups in total. The molecule has 5 rings (SSSR count). The average Bonchev–Trinajstić information content (AvgIpc) is 1.55. The van der Waals surface area contributed by atoms with E-state index in [0.29, 0.717) is 59.7 Å². The summed E-state index contributed by atoms with van der Waals surface area (Å²) < 4.78 is 0. The van der Waals surface area contributed by atoms with E-state index in [1.165, 1.54) is 100 Å². The number of nitrogens with one attached hydrogen (secondary N) is 17. The molecule has 4 unspecified atom stereocenters. The molecule has 2 heterocycles. The van der Waals surface area contributed by atoms with Crippen molar-refractivity contribution < 1.29 is 111 Å². The maximum atomic E-state index is 15.6. The van der Waals surface area contributed by atoms with Gasteiger partial charge in [-0.15, -0.1) is 0 Å². The molecule has 758 valence electrons. The molecule has 0 spiro atoms. The Labute approximate surface area is 803 Å². The van der Waals surface area contributed by atoms with Crippen LogP contribution in [0.4, 0.5) is 0 Å². The number of carboxylic acid groups (broad SMARTS) is 1. The Balaban J connectivity index is 1.59. The van der Waals surface area contributed by atoms with Crippen LogP contribution in [0.5, 0.6) is 5.75 Å². The molecule has 0 fully saturated rings. The summed E-state index contributed by atoms with van der Waals surface area (Å²) in [5.74, 6) is -20.7. The lowest BCUT2D eigenvalue weighted by Gasteiger charge is -2.34. The molecule has 1 aliphatic heterocycles. The van der Waals surface area contributed by atoms with Gasteiger partial charge in [0.25, 0.3) is 0 Å². The molecule has 42 heteroatoms. The molecule has 1 aliphatic rings. The van der Waals surface area contributed by atoms with E-state index < -0.39 is 258 Å². The van der Waals surface area contributed by atoms with Crippen molar-refractivity contribution in [3.63, 3.8) is 0 Å². The molecule has 4 aromatic rings. The third-order valence-electron chi connectivity index (χ3n) is 23.5. The van der Waals surface area contributed by atoms with E-state index >= 15 is 28.8 Å². The number of ketones is 2. The number of aromatic nitrogens is 1. The van der Waals surface area contributed by atoms with E-state index in [1.807, 2.05) is 12.2 Å². The van der Waals surface area contributed by atoms with Crippen molar-refractivity contribution in [1.29, 1.82) is 0 Å². The molecule has 0 aliphatic carbocycles. The van der Waals surface area contributed by atoms with Gasteiger partial charge in [-0.05, 0) is 180 Å². The van der Waals surface area contributed by atoms with Gasteiger partial charge < -0.3 is 117 Å². The van der Waals surface area contributed by atoms with Crippen LogP contribution in [0.15, 0.2) is 97.2 Å². The number of benzene rings is 3. The predicted molar refractivity (Wildman–Crippen MR) is 509 cm³/mol. The maximum Gasteiger partial charge on any atom is 0.303 e. The van der Waals surface area contributed by atoms with Gasteiger partial charge >= 0.3 is 5.97 Å². The fourth-order valence-electron chi connectivity index (χ4n) is 15.2. The number of aliphatic hydroxyl groups is 1. The van der Waals surface area contributed by atoms with Gasteiger partial charge in [0.1, 0.15) is 89.3 Å². The number of allylic oxidation sites excluding steroid dienone is 2. The number of primary amides is 2. The number of fused-ring (bicyclic) bond motifs is 1. The number of carbonyl (C=O) groups excluding carboxylic acids is 19. The van der Waals surface area contributed by atoms with E-state index in [2.05, 4.69) is 90.1 Å². The van der Waals surface area contributed by atoms with Gasteiger partial charge in [-0.1, -0.05) is 120 Å². The number of phenols is 1. The molecule has 1 aromatic heterocycles. The summed E-state index contributed by atoms with van der Waals surface area (Å²) in [5.41, 5.74) is 8.75. The number of aromatic amines is 1. The quantitative estimate of drug-likeness (QED) is 0.0209.